The first-order valence-corrected chi connectivity index (χ1v) is 9.63. The maximum absolute atomic E-state index is 12.6. The monoisotopic (exact) mass is 314 g/mol. The van der Waals surface area contributed by atoms with E-state index in [0.717, 1.165) is 24.3 Å². The van der Waals surface area contributed by atoms with Crippen LogP contribution >= 0.6 is 11.3 Å². The van der Waals surface area contributed by atoms with Crippen LogP contribution < -0.4 is 5.32 Å². The Bertz CT molecular complexity index is 555. The first-order valence-electron chi connectivity index (χ1n) is 7.38. The first kappa shape index (κ1) is 14.5. The Morgan fingerprint density at radius 3 is 2.60 bits per heavy atom. The number of thiophene rings is 1. The van der Waals surface area contributed by atoms with Crippen LogP contribution in [0.1, 0.15) is 37.5 Å². The second kappa shape index (κ2) is 5.75. The highest BCUT2D eigenvalue weighted by molar-refractivity contribution is 7.91. The number of piperidine rings is 1. The van der Waals surface area contributed by atoms with E-state index in [4.69, 9.17) is 0 Å². The Kier molecular flexibility index (Phi) is 4.17. The van der Waals surface area contributed by atoms with E-state index >= 15 is 0 Å². The van der Waals surface area contributed by atoms with Crippen molar-refractivity contribution in [2.75, 3.05) is 13.1 Å². The van der Waals surface area contributed by atoms with E-state index in [1.165, 1.54) is 24.2 Å². The van der Waals surface area contributed by atoms with E-state index in [1.54, 1.807) is 10.4 Å². The molecule has 1 N–H and O–H groups in total. The van der Waals surface area contributed by atoms with Gasteiger partial charge in [0.15, 0.2) is 0 Å². The van der Waals surface area contributed by atoms with E-state index in [2.05, 4.69) is 12.2 Å². The van der Waals surface area contributed by atoms with Gasteiger partial charge in [0.25, 0.3) is 10.0 Å². The highest BCUT2D eigenvalue weighted by Gasteiger charge is 2.29. The van der Waals surface area contributed by atoms with Crippen LogP contribution in [0.15, 0.2) is 16.3 Å². The van der Waals surface area contributed by atoms with Gasteiger partial charge in [-0.3, -0.25) is 0 Å². The summed E-state index contributed by atoms with van der Waals surface area (Å²) < 4.78 is 27.3. The third-order valence-electron chi connectivity index (χ3n) is 4.12. The minimum atomic E-state index is -3.26. The fourth-order valence-electron chi connectivity index (χ4n) is 2.48. The molecule has 0 radical (unpaired) electrons. The molecule has 112 valence electrons. The number of sulfonamides is 1. The molecule has 2 fully saturated rings. The van der Waals surface area contributed by atoms with E-state index < -0.39 is 10.0 Å². The van der Waals surface area contributed by atoms with Gasteiger partial charge in [-0.2, -0.15) is 4.31 Å². The van der Waals surface area contributed by atoms with Crippen LogP contribution in [0.4, 0.5) is 0 Å². The normalized spacial score (nSPS) is 22.2. The van der Waals surface area contributed by atoms with Crippen molar-refractivity contribution in [1.82, 2.24) is 9.62 Å². The van der Waals surface area contributed by atoms with Crippen molar-refractivity contribution >= 4 is 21.4 Å². The Morgan fingerprint density at radius 1 is 1.25 bits per heavy atom. The molecule has 1 aromatic heterocycles. The van der Waals surface area contributed by atoms with Gasteiger partial charge < -0.3 is 5.32 Å². The van der Waals surface area contributed by atoms with Gasteiger partial charge >= 0.3 is 0 Å². The minimum absolute atomic E-state index is 0.500. The molecule has 1 saturated heterocycles. The molecule has 0 bridgehead atoms. The second-order valence-electron chi connectivity index (χ2n) is 5.96. The molecule has 1 aliphatic carbocycles. The van der Waals surface area contributed by atoms with Crippen LogP contribution in [-0.2, 0) is 16.6 Å². The average Bonchev–Trinajstić information content (AvgIpc) is 3.13. The highest BCUT2D eigenvalue weighted by Crippen LogP contribution is 2.29. The number of nitrogens with zero attached hydrogens (tertiary/aromatic N) is 1. The summed E-state index contributed by atoms with van der Waals surface area (Å²) >= 11 is 1.41. The second-order valence-corrected chi connectivity index (χ2v) is 9.30. The lowest BCUT2D eigenvalue weighted by atomic mass is 10.0. The van der Waals surface area contributed by atoms with E-state index in [-0.39, 0.29) is 0 Å². The van der Waals surface area contributed by atoms with E-state index in [1.807, 2.05) is 6.07 Å². The Hall–Kier alpha value is -0.430. The predicted octanol–water partition coefficient (Wildman–Crippen LogP) is 2.42. The van der Waals surface area contributed by atoms with Crippen molar-refractivity contribution in [1.29, 1.82) is 0 Å². The fraction of sp³-hybridized carbons (Fsp3) is 0.714. The molecule has 3 rings (SSSR count). The van der Waals surface area contributed by atoms with E-state index in [0.29, 0.717) is 29.3 Å². The molecule has 1 aromatic rings. The molecule has 0 atom stereocenters. The molecular formula is C14H22N2O2S2. The van der Waals surface area contributed by atoms with Gasteiger partial charge in [0.1, 0.15) is 4.21 Å². The van der Waals surface area contributed by atoms with Gasteiger partial charge in [-0.25, -0.2) is 8.42 Å². The predicted molar refractivity (Wildman–Crippen MR) is 81.3 cm³/mol. The molecule has 0 aromatic carbocycles. The van der Waals surface area contributed by atoms with Gasteiger partial charge in [-0.1, -0.05) is 6.92 Å². The maximum Gasteiger partial charge on any atom is 0.252 e. The summed E-state index contributed by atoms with van der Waals surface area (Å²) in [6.45, 7) is 4.31. The largest absolute Gasteiger partial charge is 0.309 e. The fourth-order valence-corrected chi connectivity index (χ4v) is 5.41. The van der Waals surface area contributed by atoms with Gasteiger partial charge in [0, 0.05) is 30.6 Å². The standard InChI is InChI=1S/C14H22N2O2S2/c1-11-6-8-16(9-7-11)20(17,18)14-5-4-13(19-14)10-15-12-2-3-12/h4-5,11-12,15H,2-3,6-10H2,1H3. The molecule has 0 spiro atoms. The summed E-state index contributed by atoms with van der Waals surface area (Å²) in [6.07, 6.45) is 4.45. The first-order chi connectivity index (χ1) is 9.55. The van der Waals surface area contributed by atoms with Crippen molar-refractivity contribution in [2.24, 2.45) is 5.92 Å². The lowest BCUT2D eigenvalue weighted by molar-refractivity contribution is 0.288. The summed E-state index contributed by atoms with van der Waals surface area (Å²) in [4.78, 5) is 1.11. The molecule has 2 heterocycles. The third-order valence-corrected chi connectivity index (χ3v) is 7.57. The van der Waals surface area contributed by atoms with Crippen LogP contribution in [0.25, 0.3) is 0 Å². The summed E-state index contributed by atoms with van der Waals surface area (Å²) in [7, 11) is -3.26. The molecule has 6 heteroatoms. The van der Waals surface area contributed by atoms with Gasteiger partial charge in [0.05, 0.1) is 0 Å². The molecular weight excluding hydrogens is 292 g/mol. The topological polar surface area (TPSA) is 49.4 Å². The zero-order chi connectivity index (χ0) is 14.2. The SMILES string of the molecule is CC1CCN(S(=O)(=O)c2ccc(CNC3CC3)s2)CC1. The van der Waals surface area contributed by atoms with Crippen molar-refractivity contribution < 1.29 is 8.42 Å². The Morgan fingerprint density at radius 2 is 1.95 bits per heavy atom. The lowest BCUT2D eigenvalue weighted by Crippen LogP contribution is -2.37. The number of hydrogen-bond donors (Lipinski definition) is 1. The minimum Gasteiger partial charge on any atom is -0.309 e. The van der Waals surface area contributed by atoms with Crippen LogP contribution in [-0.4, -0.2) is 31.9 Å². The van der Waals surface area contributed by atoms with Crippen molar-refractivity contribution in [3.8, 4) is 0 Å². The zero-order valence-corrected chi connectivity index (χ0v) is 13.5. The average molecular weight is 314 g/mol. The van der Waals surface area contributed by atoms with Crippen LogP contribution in [0.5, 0.6) is 0 Å². The molecule has 4 nitrogen and oxygen atoms in total. The molecule has 1 aliphatic heterocycles. The van der Waals surface area contributed by atoms with Gasteiger partial charge in [0.2, 0.25) is 0 Å². The van der Waals surface area contributed by atoms with Crippen LogP contribution in [0.3, 0.4) is 0 Å². The van der Waals surface area contributed by atoms with Crippen molar-refractivity contribution in [3.05, 3.63) is 17.0 Å². The lowest BCUT2D eigenvalue weighted by Gasteiger charge is -2.28. The smallest absolute Gasteiger partial charge is 0.252 e. The molecule has 1 saturated carbocycles. The maximum atomic E-state index is 12.6. The van der Waals surface area contributed by atoms with E-state index in [9.17, 15) is 8.42 Å². The van der Waals surface area contributed by atoms with Crippen LogP contribution in [0, 0.1) is 5.92 Å². The molecule has 0 amide bonds. The summed E-state index contributed by atoms with van der Waals surface area (Å²) in [5, 5.41) is 3.42. The van der Waals surface area contributed by atoms with Gasteiger partial charge in [-0.15, -0.1) is 11.3 Å². The number of rotatable bonds is 5. The van der Waals surface area contributed by atoms with Gasteiger partial charge in [-0.05, 0) is 43.7 Å². The zero-order valence-electron chi connectivity index (χ0n) is 11.8. The quantitative estimate of drug-likeness (QED) is 0.908. The Labute approximate surface area is 125 Å². The molecule has 20 heavy (non-hydrogen) atoms. The third kappa shape index (κ3) is 3.24. The van der Waals surface area contributed by atoms with Crippen molar-refractivity contribution in [2.45, 2.75) is 49.4 Å². The summed E-state index contributed by atoms with van der Waals surface area (Å²) in [5.74, 6) is 0.642. The summed E-state index contributed by atoms with van der Waals surface area (Å²) in [5.41, 5.74) is 0. The highest BCUT2D eigenvalue weighted by atomic mass is 32.2. The summed E-state index contributed by atoms with van der Waals surface area (Å²) in [6, 6.07) is 4.36. The number of nitrogens with one attached hydrogen (secondary N) is 1. The Balaban J connectivity index is 1.67. The molecule has 0 unspecified atom stereocenters. The number of hydrogen-bond acceptors (Lipinski definition) is 4. The van der Waals surface area contributed by atoms with Crippen molar-refractivity contribution in [3.63, 3.8) is 0 Å². The molecule has 2 aliphatic rings. The van der Waals surface area contributed by atoms with Crippen LogP contribution in [0.2, 0.25) is 0 Å².